The molecule has 3 heteroatoms. The van der Waals surface area contributed by atoms with Gasteiger partial charge in [0.15, 0.2) is 0 Å². The molecular formula is C11H18N2S. The van der Waals surface area contributed by atoms with Crippen molar-refractivity contribution in [1.29, 1.82) is 0 Å². The fraction of sp³-hybridized carbons (Fsp3) is 0.727. The lowest BCUT2D eigenvalue weighted by molar-refractivity contribution is 0.198. The molecule has 1 aliphatic carbocycles. The number of aromatic nitrogens is 1. The van der Waals surface area contributed by atoms with Crippen molar-refractivity contribution in [2.24, 2.45) is 11.1 Å². The van der Waals surface area contributed by atoms with Crippen LogP contribution in [-0.2, 0) is 6.42 Å². The number of thiazole rings is 1. The van der Waals surface area contributed by atoms with Crippen LogP contribution in [-0.4, -0.2) is 11.5 Å². The largest absolute Gasteiger partial charge is 0.330 e. The second-order valence-electron chi connectivity index (χ2n) is 4.41. The summed E-state index contributed by atoms with van der Waals surface area (Å²) in [5, 5.41) is 0. The van der Waals surface area contributed by atoms with Crippen LogP contribution in [0.25, 0.3) is 0 Å². The first kappa shape index (κ1) is 10.1. The van der Waals surface area contributed by atoms with Crippen LogP contribution in [0.1, 0.15) is 37.0 Å². The van der Waals surface area contributed by atoms with Gasteiger partial charge in [-0.1, -0.05) is 19.3 Å². The summed E-state index contributed by atoms with van der Waals surface area (Å²) in [5.41, 5.74) is 8.25. The molecule has 1 saturated carbocycles. The van der Waals surface area contributed by atoms with Gasteiger partial charge in [-0.2, -0.15) is 0 Å². The Morgan fingerprint density at radius 2 is 2.14 bits per heavy atom. The molecule has 0 bridgehead atoms. The van der Waals surface area contributed by atoms with E-state index in [0.717, 1.165) is 13.0 Å². The van der Waals surface area contributed by atoms with Gasteiger partial charge in [0, 0.05) is 11.1 Å². The van der Waals surface area contributed by atoms with Gasteiger partial charge < -0.3 is 5.73 Å². The number of nitrogens with zero attached hydrogens (tertiary/aromatic N) is 1. The number of nitrogens with two attached hydrogens (primary N) is 1. The Morgan fingerprint density at radius 1 is 1.36 bits per heavy atom. The lowest BCUT2D eigenvalue weighted by Gasteiger charge is -2.35. The first-order valence-corrected chi connectivity index (χ1v) is 6.30. The summed E-state index contributed by atoms with van der Waals surface area (Å²) in [7, 11) is 0. The average Bonchev–Trinajstić information content (AvgIpc) is 2.72. The SMILES string of the molecule is NCC1(Cc2cncs2)CCCCC1. The summed E-state index contributed by atoms with van der Waals surface area (Å²) in [5.74, 6) is 0. The Bertz CT molecular complexity index is 263. The predicted molar refractivity (Wildman–Crippen MR) is 60.4 cm³/mol. The maximum atomic E-state index is 5.94. The Balaban J connectivity index is 2.04. The Kier molecular flexibility index (Phi) is 3.19. The summed E-state index contributed by atoms with van der Waals surface area (Å²) in [4.78, 5) is 5.53. The molecule has 1 fully saturated rings. The second-order valence-corrected chi connectivity index (χ2v) is 5.38. The molecule has 1 aliphatic rings. The standard InChI is InChI=1S/C11H18N2S/c12-8-11(4-2-1-3-5-11)6-10-7-13-9-14-10/h7,9H,1-6,8,12H2. The quantitative estimate of drug-likeness (QED) is 0.833. The maximum absolute atomic E-state index is 5.94. The van der Waals surface area contributed by atoms with Crippen molar-refractivity contribution in [3.63, 3.8) is 0 Å². The molecule has 1 heterocycles. The summed E-state index contributed by atoms with van der Waals surface area (Å²) >= 11 is 1.76. The van der Waals surface area contributed by atoms with Gasteiger partial charge in [0.1, 0.15) is 0 Å². The van der Waals surface area contributed by atoms with Gasteiger partial charge in [-0.25, -0.2) is 0 Å². The predicted octanol–water partition coefficient (Wildman–Crippen LogP) is 2.59. The molecule has 1 aromatic heterocycles. The van der Waals surface area contributed by atoms with Crippen LogP contribution in [0.4, 0.5) is 0 Å². The molecule has 14 heavy (non-hydrogen) atoms. The summed E-state index contributed by atoms with van der Waals surface area (Å²) in [6.45, 7) is 0.838. The zero-order valence-corrected chi connectivity index (χ0v) is 9.35. The third-order valence-corrected chi connectivity index (χ3v) is 4.16. The van der Waals surface area contributed by atoms with Crippen molar-refractivity contribution in [3.05, 3.63) is 16.6 Å². The van der Waals surface area contributed by atoms with Crippen LogP contribution in [0.15, 0.2) is 11.7 Å². The first-order valence-electron chi connectivity index (χ1n) is 5.42. The topological polar surface area (TPSA) is 38.9 Å². The van der Waals surface area contributed by atoms with E-state index < -0.39 is 0 Å². The third kappa shape index (κ3) is 2.15. The van der Waals surface area contributed by atoms with Crippen LogP contribution >= 0.6 is 11.3 Å². The molecule has 0 radical (unpaired) electrons. The Labute approximate surface area is 89.5 Å². The molecule has 0 amide bonds. The van der Waals surface area contributed by atoms with Gasteiger partial charge >= 0.3 is 0 Å². The van der Waals surface area contributed by atoms with Crippen molar-refractivity contribution in [1.82, 2.24) is 4.98 Å². The number of hydrogen-bond donors (Lipinski definition) is 1. The van der Waals surface area contributed by atoms with Crippen molar-refractivity contribution >= 4 is 11.3 Å². The summed E-state index contributed by atoms with van der Waals surface area (Å²) in [6.07, 6.45) is 9.87. The third-order valence-electron chi connectivity index (χ3n) is 3.38. The maximum Gasteiger partial charge on any atom is 0.0794 e. The smallest absolute Gasteiger partial charge is 0.0794 e. The summed E-state index contributed by atoms with van der Waals surface area (Å²) in [6, 6.07) is 0. The first-order chi connectivity index (χ1) is 6.85. The van der Waals surface area contributed by atoms with E-state index >= 15 is 0 Å². The highest BCUT2D eigenvalue weighted by Crippen LogP contribution is 2.38. The minimum Gasteiger partial charge on any atom is -0.330 e. The van der Waals surface area contributed by atoms with E-state index in [1.165, 1.54) is 37.0 Å². The van der Waals surface area contributed by atoms with E-state index in [1.807, 2.05) is 11.7 Å². The van der Waals surface area contributed by atoms with Crippen LogP contribution in [0.2, 0.25) is 0 Å². The molecule has 2 N–H and O–H groups in total. The minimum absolute atomic E-state index is 0.394. The minimum atomic E-state index is 0.394. The normalized spacial score (nSPS) is 20.9. The zero-order valence-electron chi connectivity index (χ0n) is 8.54. The van der Waals surface area contributed by atoms with E-state index in [2.05, 4.69) is 4.98 Å². The van der Waals surface area contributed by atoms with Gasteiger partial charge in [-0.05, 0) is 31.2 Å². The lowest BCUT2D eigenvalue weighted by Crippen LogP contribution is -2.34. The van der Waals surface area contributed by atoms with E-state index in [1.54, 1.807) is 11.3 Å². The molecule has 0 aliphatic heterocycles. The molecule has 78 valence electrons. The van der Waals surface area contributed by atoms with Crippen LogP contribution in [0, 0.1) is 5.41 Å². The molecule has 0 spiro atoms. The van der Waals surface area contributed by atoms with Gasteiger partial charge in [0.2, 0.25) is 0 Å². The van der Waals surface area contributed by atoms with Gasteiger partial charge in [-0.3, -0.25) is 4.98 Å². The lowest BCUT2D eigenvalue weighted by atomic mass is 9.72. The van der Waals surface area contributed by atoms with E-state index in [0.29, 0.717) is 5.41 Å². The monoisotopic (exact) mass is 210 g/mol. The fourth-order valence-electron chi connectivity index (χ4n) is 2.45. The van der Waals surface area contributed by atoms with E-state index in [-0.39, 0.29) is 0 Å². The van der Waals surface area contributed by atoms with Gasteiger partial charge in [0.05, 0.1) is 5.51 Å². The van der Waals surface area contributed by atoms with E-state index in [4.69, 9.17) is 5.73 Å². The highest BCUT2D eigenvalue weighted by Gasteiger charge is 2.30. The van der Waals surface area contributed by atoms with Gasteiger partial charge in [0.25, 0.3) is 0 Å². The van der Waals surface area contributed by atoms with Crippen molar-refractivity contribution < 1.29 is 0 Å². The zero-order chi connectivity index (χ0) is 9.86. The number of hydrogen-bond acceptors (Lipinski definition) is 3. The summed E-state index contributed by atoms with van der Waals surface area (Å²) < 4.78 is 0. The van der Waals surface area contributed by atoms with Crippen molar-refractivity contribution in [2.45, 2.75) is 38.5 Å². The molecule has 1 aromatic rings. The molecule has 0 unspecified atom stereocenters. The van der Waals surface area contributed by atoms with Crippen molar-refractivity contribution in [3.8, 4) is 0 Å². The average molecular weight is 210 g/mol. The molecule has 0 atom stereocenters. The molecule has 2 rings (SSSR count). The molecule has 0 saturated heterocycles. The molecular weight excluding hydrogens is 192 g/mol. The van der Waals surface area contributed by atoms with Crippen molar-refractivity contribution in [2.75, 3.05) is 6.54 Å². The van der Waals surface area contributed by atoms with Crippen LogP contribution in [0.5, 0.6) is 0 Å². The highest BCUT2D eigenvalue weighted by molar-refractivity contribution is 7.09. The molecule has 0 aromatic carbocycles. The Hall–Kier alpha value is -0.410. The highest BCUT2D eigenvalue weighted by atomic mass is 32.1. The second kappa shape index (κ2) is 4.41. The fourth-order valence-corrected chi connectivity index (χ4v) is 3.22. The number of rotatable bonds is 3. The molecule has 2 nitrogen and oxygen atoms in total. The van der Waals surface area contributed by atoms with Gasteiger partial charge in [-0.15, -0.1) is 11.3 Å². The van der Waals surface area contributed by atoms with Crippen LogP contribution < -0.4 is 5.73 Å². The van der Waals surface area contributed by atoms with Crippen LogP contribution in [0.3, 0.4) is 0 Å². The Morgan fingerprint density at radius 3 is 2.71 bits per heavy atom. The van der Waals surface area contributed by atoms with E-state index in [9.17, 15) is 0 Å².